The summed E-state index contributed by atoms with van der Waals surface area (Å²) in [4.78, 5) is 4.84. The Morgan fingerprint density at radius 2 is 1.59 bits per heavy atom. The average Bonchev–Trinajstić information content (AvgIpc) is 3.14. The Morgan fingerprint density at radius 1 is 0.773 bits per heavy atom. The van der Waals surface area contributed by atoms with Crippen LogP contribution in [0.1, 0.15) is 10.9 Å². The van der Waals surface area contributed by atoms with Crippen LogP contribution in [-0.2, 0) is 0 Å². The predicted octanol–water partition coefficient (Wildman–Crippen LogP) is 5.54. The molecule has 0 saturated carbocycles. The van der Waals surface area contributed by atoms with Crippen LogP contribution in [0.2, 0.25) is 0 Å². The molecule has 2 heterocycles. The van der Waals surface area contributed by atoms with Gasteiger partial charge in [0.2, 0.25) is 0 Å². The van der Waals surface area contributed by atoms with Gasteiger partial charge in [-0.1, -0.05) is 60.3 Å². The number of fused-ring (bicyclic) bond motifs is 4. The van der Waals surface area contributed by atoms with Crippen LogP contribution >= 0.6 is 11.8 Å². The number of anilines is 1. The van der Waals surface area contributed by atoms with Crippen molar-refractivity contribution in [2.45, 2.75) is 10.3 Å². The minimum absolute atomic E-state index is 0.300. The van der Waals surface area contributed by atoms with E-state index in [4.69, 9.17) is 0 Å². The van der Waals surface area contributed by atoms with Gasteiger partial charge in [0.1, 0.15) is 5.37 Å². The van der Waals surface area contributed by atoms with Crippen molar-refractivity contribution in [3.8, 4) is 0 Å². The van der Waals surface area contributed by atoms with Gasteiger partial charge in [0.15, 0.2) is 0 Å². The second kappa shape index (κ2) is 4.55. The summed E-state index contributed by atoms with van der Waals surface area (Å²) in [5.74, 6) is 0. The number of para-hydroxylation sites is 1. The number of aromatic nitrogens is 1. The van der Waals surface area contributed by atoms with Crippen molar-refractivity contribution in [2.24, 2.45) is 0 Å². The first-order valence-electron chi connectivity index (χ1n) is 7.41. The number of nitrogens with one attached hydrogen (secondary N) is 2. The molecule has 1 unspecified atom stereocenters. The molecule has 0 bridgehead atoms. The summed E-state index contributed by atoms with van der Waals surface area (Å²) in [6, 6.07) is 23.6. The number of hydrogen-bond acceptors (Lipinski definition) is 2. The Kier molecular flexibility index (Phi) is 2.52. The van der Waals surface area contributed by atoms with Gasteiger partial charge in [0.05, 0.1) is 5.69 Å². The Bertz CT molecular complexity index is 988. The molecule has 5 rings (SSSR count). The number of benzene rings is 3. The Balaban J connectivity index is 1.64. The number of rotatable bonds is 1. The molecular formula is C19H14N2S. The van der Waals surface area contributed by atoms with E-state index in [1.807, 2.05) is 11.8 Å². The third-order valence-corrected chi connectivity index (χ3v) is 5.46. The van der Waals surface area contributed by atoms with Crippen molar-refractivity contribution in [1.82, 2.24) is 4.98 Å². The standard InChI is InChI=1S/C19H14N2S/c1-2-6-12(7-3-1)19-21-17-11-16-14(10-18(17)22-19)13-8-4-5-9-15(13)20-16/h1-11,19-21H. The van der Waals surface area contributed by atoms with Crippen LogP contribution in [-0.4, -0.2) is 4.98 Å². The molecular weight excluding hydrogens is 288 g/mol. The molecule has 0 spiro atoms. The van der Waals surface area contributed by atoms with Crippen molar-refractivity contribution < 1.29 is 0 Å². The molecule has 3 heteroatoms. The lowest BCUT2D eigenvalue weighted by Gasteiger charge is -2.09. The Morgan fingerprint density at radius 3 is 2.50 bits per heavy atom. The highest BCUT2D eigenvalue weighted by atomic mass is 32.2. The van der Waals surface area contributed by atoms with E-state index >= 15 is 0 Å². The first kappa shape index (κ1) is 12.2. The van der Waals surface area contributed by atoms with Crippen LogP contribution in [0.25, 0.3) is 21.8 Å². The van der Waals surface area contributed by atoms with Gasteiger partial charge >= 0.3 is 0 Å². The molecule has 0 amide bonds. The molecule has 1 aromatic heterocycles. The second-order valence-corrected chi connectivity index (χ2v) is 6.76. The highest BCUT2D eigenvalue weighted by Gasteiger charge is 2.23. The fourth-order valence-electron chi connectivity index (χ4n) is 3.17. The summed E-state index contributed by atoms with van der Waals surface area (Å²) in [6.07, 6.45) is 0. The normalized spacial score (nSPS) is 16.8. The fourth-order valence-corrected chi connectivity index (χ4v) is 4.33. The number of thioether (sulfide) groups is 1. The smallest absolute Gasteiger partial charge is 0.103 e. The molecule has 1 aliphatic heterocycles. The van der Waals surface area contributed by atoms with Gasteiger partial charge in [-0.15, -0.1) is 0 Å². The summed E-state index contributed by atoms with van der Waals surface area (Å²) in [7, 11) is 0. The quantitative estimate of drug-likeness (QED) is 0.483. The van der Waals surface area contributed by atoms with E-state index in [2.05, 4.69) is 77.0 Å². The van der Waals surface area contributed by atoms with Gasteiger partial charge in [0, 0.05) is 26.7 Å². The van der Waals surface area contributed by atoms with Crippen LogP contribution in [0.5, 0.6) is 0 Å². The van der Waals surface area contributed by atoms with E-state index in [0.717, 1.165) is 0 Å². The molecule has 1 aliphatic rings. The van der Waals surface area contributed by atoms with E-state index in [1.54, 1.807) is 0 Å². The first-order valence-corrected chi connectivity index (χ1v) is 8.29. The lowest BCUT2D eigenvalue weighted by atomic mass is 10.1. The SMILES string of the molecule is c1ccc(C2Nc3cc4[nH]c5ccccc5c4cc3S2)cc1. The van der Waals surface area contributed by atoms with Gasteiger partial charge < -0.3 is 10.3 Å². The maximum absolute atomic E-state index is 3.63. The maximum atomic E-state index is 3.63. The third-order valence-electron chi connectivity index (χ3n) is 4.24. The molecule has 0 fully saturated rings. The lowest BCUT2D eigenvalue weighted by Crippen LogP contribution is -2.00. The molecule has 3 aromatic carbocycles. The van der Waals surface area contributed by atoms with Crippen LogP contribution in [0.3, 0.4) is 0 Å². The maximum Gasteiger partial charge on any atom is 0.103 e. The van der Waals surface area contributed by atoms with E-state index in [1.165, 1.54) is 38.0 Å². The van der Waals surface area contributed by atoms with Gasteiger partial charge in [-0.2, -0.15) is 0 Å². The van der Waals surface area contributed by atoms with Crippen LogP contribution in [0.15, 0.2) is 71.6 Å². The molecule has 2 nitrogen and oxygen atoms in total. The molecule has 2 N–H and O–H groups in total. The number of aromatic amines is 1. The summed E-state index contributed by atoms with van der Waals surface area (Å²) >= 11 is 1.89. The minimum Gasteiger partial charge on any atom is -0.368 e. The lowest BCUT2D eigenvalue weighted by molar-refractivity contribution is 1.14. The molecule has 4 aromatic rings. The fraction of sp³-hybridized carbons (Fsp3) is 0.0526. The summed E-state index contributed by atoms with van der Waals surface area (Å²) in [5.41, 5.74) is 4.93. The first-order chi connectivity index (χ1) is 10.9. The molecule has 106 valence electrons. The number of hydrogen-bond donors (Lipinski definition) is 2. The molecule has 0 radical (unpaired) electrons. The van der Waals surface area contributed by atoms with Gasteiger partial charge in [-0.05, 0) is 23.8 Å². The predicted molar refractivity (Wildman–Crippen MR) is 94.5 cm³/mol. The monoisotopic (exact) mass is 302 g/mol. The van der Waals surface area contributed by atoms with E-state index in [9.17, 15) is 0 Å². The average molecular weight is 302 g/mol. The highest BCUT2D eigenvalue weighted by molar-refractivity contribution is 8.00. The molecule has 0 aliphatic carbocycles. The summed E-state index contributed by atoms with van der Waals surface area (Å²) in [5, 5.41) is 6.53. The van der Waals surface area contributed by atoms with Gasteiger partial charge in [0.25, 0.3) is 0 Å². The topological polar surface area (TPSA) is 27.8 Å². The van der Waals surface area contributed by atoms with Crippen LogP contribution in [0, 0.1) is 0 Å². The van der Waals surface area contributed by atoms with Crippen molar-refractivity contribution in [3.63, 3.8) is 0 Å². The minimum atomic E-state index is 0.300. The van der Waals surface area contributed by atoms with E-state index in [-0.39, 0.29) is 0 Å². The summed E-state index contributed by atoms with van der Waals surface area (Å²) < 4.78 is 0. The van der Waals surface area contributed by atoms with Crippen molar-refractivity contribution in [2.75, 3.05) is 5.32 Å². The second-order valence-electron chi connectivity index (χ2n) is 5.62. The van der Waals surface area contributed by atoms with Crippen molar-refractivity contribution >= 4 is 39.3 Å². The van der Waals surface area contributed by atoms with Crippen molar-refractivity contribution in [3.05, 3.63) is 72.3 Å². The highest BCUT2D eigenvalue weighted by Crippen LogP contribution is 2.48. The Hall–Kier alpha value is -2.39. The van der Waals surface area contributed by atoms with Crippen LogP contribution in [0.4, 0.5) is 5.69 Å². The van der Waals surface area contributed by atoms with Crippen molar-refractivity contribution in [1.29, 1.82) is 0 Å². The van der Waals surface area contributed by atoms with Crippen LogP contribution < -0.4 is 5.32 Å². The molecule has 0 saturated heterocycles. The zero-order chi connectivity index (χ0) is 14.5. The van der Waals surface area contributed by atoms with Gasteiger partial charge in [-0.25, -0.2) is 0 Å². The van der Waals surface area contributed by atoms with E-state index < -0.39 is 0 Å². The largest absolute Gasteiger partial charge is 0.368 e. The molecule has 22 heavy (non-hydrogen) atoms. The molecule has 1 atom stereocenters. The zero-order valence-corrected chi connectivity index (χ0v) is 12.7. The van der Waals surface area contributed by atoms with Gasteiger partial charge in [-0.3, -0.25) is 0 Å². The number of H-pyrrole nitrogens is 1. The summed E-state index contributed by atoms with van der Waals surface area (Å²) in [6.45, 7) is 0. The Labute approximate surface area is 132 Å². The zero-order valence-electron chi connectivity index (χ0n) is 11.8. The third kappa shape index (κ3) is 1.76. The van der Waals surface area contributed by atoms with E-state index in [0.29, 0.717) is 5.37 Å².